The average molecular weight is 1360 g/mol. The first-order chi connectivity index (χ1) is 45.9. The zero-order valence-electron chi connectivity index (χ0n) is 59.3. The van der Waals surface area contributed by atoms with Gasteiger partial charge in [0.05, 0.1) is 32.2 Å². The van der Waals surface area contributed by atoms with Crippen LogP contribution in [0.25, 0.3) is 0 Å². The van der Waals surface area contributed by atoms with E-state index in [-0.39, 0.29) is 64.1 Å². The van der Waals surface area contributed by atoms with Gasteiger partial charge in [-0.05, 0) is 88.5 Å². The fourth-order valence-corrected chi connectivity index (χ4v) is 14.3. The number of fused-ring (bicyclic) bond motifs is 1. The van der Waals surface area contributed by atoms with Gasteiger partial charge in [0.2, 0.25) is 70.9 Å². The van der Waals surface area contributed by atoms with E-state index in [0.29, 0.717) is 31.2 Å². The van der Waals surface area contributed by atoms with E-state index in [0.717, 1.165) is 58.8 Å². The molecule has 12 amide bonds. The van der Waals surface area contributed by atoms with Crippen LogP contribution in [0.4, 0.5) is 0 Å². The van der Waals surface area contributed by atoms with Crippen LogP contribution < -0.4 is 16.0 Å². The van der Waals surface area contributed by atoms with Crippen molar-refractivity contribution < 1.29 is 72.2 Å². The van der Waals surface area contributed by atoms with Crippen LogP contribution in [-0.4, -0.2) is 276 Å². The third-order valence-electron chi connectivity index (χ3n) is 20.6. The van der Waals surface area contributed by atoms with Crippen molar-refractivity contribution in [3.8, 4) is 0 Å². The van der Waals surface area contributed by atoms with E-state index in [1.807, 2.05) is 26.0 Å². The Morgan fingerprint density at radius 1 is 0.732 bits per heavy atom. The van der Waals surface area contributed by atoms with Crippen molar-refractivity contribution in [2.24, 2.45) is 17.8 Å². The summed E-state index contributed by atoms with van der Waals surface area (Å²) in [6.45, 7) is 9.26. The number of aryl methyl sites for hydroxylation is 1. The Bertz CT molecular complexity index is 3020. The average Bonchev–Trinajstić information content (AvgIpc) is 1.65. The van der Waals surface area contributed by atoms with E-state index in [1.165, 1.54) is 85.8 Å². The number of carbonyl (C=O) groups is 13. The fraction of sp³-hybridized carbons (Fsp3) is 0.700. The number of carboxylic acids is 1. The number of carboxylic acid groups (broad SMARTS) is 1. The standard InChI is InChI=1S/C70H108N12O15/c1-14-17-35-81-54(37-47-29-27-44(4)28-30-47)66(93)76(9)41-55(83)71-50(31-32-59(87)88)64(91)82-40-49(97-16-3)38-52(82)63(90)73-70(33-22-34-70)69(96)80(13)61(48-25-20-21-26-48)68(95)79(12)53(65(92)74(6)7)39-56(84)78(11)51(36-46-23-18-19-24-46)62(89)72-60(45(5)15-2)67(94)77(10)42-57(85)75(8)43-58(81)86/h14,27-30,45-46,48-54,60-61H,1,15-26,31-43H2,2-13H3,(H,71,83)(H,72,89)(H,73,90)(H,87,88)/t45-,49+,50-,51-,52?,53-,54-,60?,61-/m0/s1. The van der Waals surface area contributed by atoms with Crippen molar-refractivity contribution in [3.63, 3.8) is 0 Å². The molecule has 1 spiro atoms. The molecule has 0 aromatic heterocycles. The van der Waals surface area contributed by atoms with E-state index in [9.17, 15) is 38.7 Å². The van der Waals surface area contributed by atoms with Crippen LogP contribution in [0, 0.1) is 24.7 Å². The molecular formula is C70H108N12O15. The van der Waals surface area contributed by atoms with Crippen molar-refractivity contribution in [1.82, 2.24) is 60.0 Å². The number of hydrogen-bond donors (Lipinski definition) is 4. The molecule has 5 fully saturated rings. The molecule has 538 valence electrons. The number of carbonyl (C=O) groups excluding carboxylic acids is 12. The van der Waals surface area contributed by atoms with Gasteiger partial charge < -0.3 is 69.9 Å². The lowest BCUT2D eigenvalue weighted by molar-refractivity contribution is -0.158. The molecule has 5 aliphatic rings. The molecule has 3 aliphatic carbocycles. The minimum absolute atomic E-state index is 0.0288. The number of aliphatic carboxylic acids is 1. The molecule has 3 saturated carbocycles. The van der Waals surface area contributed by atoms with Gasteiger partial charge in [-0.2, -0.15) is 0 Å². The summed E-state index contributed by atoms with van der Waals surface area (Å²) < 4.78 is 5.99. The number of ether oxygens (including phenoxy) is 1. The maximum atomic E-state index is 15.5. The van der Waals surface area contributed by atoms with Gasteiger partial charge in [-0.15, -0.1) is 6.58 Å². The van der Waals surface area contributed by atoms with Gasteiger partial charge in [-0.1, -0.05) is 94.7 Å². The second-order valence-corrected chi connectivity index (χ2v) is 27.9. The summed E-state index contributed by atoms with van der Waals surface area (Å²) in [6.07, 6.45) is 6.79. The maximum absolute atomic E-state index is 15.5. The first-order valence-electron chi connectivity index (χ1n) is 34.6. The molecule has 6 rings (SSSR count). The van der Waals surface area contributed by atoms with Gasteiger partial charge in [-0.25, -0.2) is 0 Å². The SMILES string of the molecule is C=CCCN1C(=O)CN(C)C(=O)CN(C)C(=O)C([C@@H](C)CC)NC(=O)[C@H](CC2CCCC2)N(C)C(=O)C[C@@H](C(=O)N(C)C)N(C)C(=O)[C@H](C2CCCC2)N(C)C(=O)C2(CCC2)NC(=O)C2C[C@@H](OCC)CN2C(=O)[C@H](CCC(=O)O)NC(=O)CN(C)C(=O)[C@@H]1Cc1ccc(C)cc1. The number of nitrogens with zero attached hydrogens (tertiary/aromatic N) is 9. The molecule has 0 bridgehead atoms. The lowest BCUT2D eigenvalue weighted by Crippen LogP contribution is -2.68. The molecule has 9 atom stereocenters. The Morgan fingerprint density at radius 3 is 1.93 bits per heavy atom. The Morgan fingerprint density at radius 2 is 1.35 bits per heavy atom. The van der Waals surface area contributed by atoms with Crippen LogP contribution in [-0.2, 0) is 73.5 Å². The summed E-state index contributed by atoms with van der Waals surface area (Å²) in [5.74, 6) is -10.4. The Labute approximate surface area is 572 Å². The molecule has 4 N–H and O–H groups in total. The van der Waals surface area contributed by atoms with Crippen LogP contribution in [0.2, 0.25) is 0 Å². The van der Waals surface area contributed by atoms with Crippen molar-refractivity contribution >= 4 is 76.9 Å². The van der Waals surface area contributed by atoms with Crippen LogP contribution in [0.15, 0.2) is 36.9 Å². The monoisotopic (exact) mass is 1360 g/mol. The Kier molecular flexibility index (Phi) is 28.6. The normalized spacial score (nSPS) is 26.5. The van der Waals surface area contributed by atoms with Crippen molar-refractivity contribution in [2.75, 3.05) is 95.7 Å². The van der Waals surface area contributed by atoms with Gasteiger partial charge in [-0.3, -0.25) is 62.3 Å². The third kappa shape index (κ3) is 19.9. The minimum atomic E-state index is -1.57. The van der Waals surface area contributed by atoms with Gasteiger partial charge in [0, 0.05) is 95.3 Å². The highest BCUT2D eigenvalue weighted by atomic mass is 16.5. The number of amides is 12. The predicted octanol–water partition coefficient (Wildman–Crippen LogP) is 2.35. The number of hydrogen-bond acceptors (Lipinski definition) is 14. The van der Waals surface area contributed by atoms with Gasteiger partial charge in [0.1, 0.15) is 47.8 Å². The molecule has 97 heavy (non-hydrogen) atoms. The quantitative estimate of drug-likeness (QED) is 0.173. The number of likely N-dealkylation sites (N-methyl/N-ethyl adjacent to an activating group) is 7. The first kappa shape index (κ1) is 78.0. The summed E-state index contributed by atoms with van der Waals surface area (Å²) in [5, 5.41) is 18.5. The fourth-order valence-electron chi connectivity index (χ4n) is 14.3. The number of rotatable bonds is 16. The summed E-state index contributed by atoms with van der Waals surface area (Å²) in [4.78, 5) is 202. The van der Waals surface area contributed by atoms with Crippen LogP contribution >= 0.6 is 0 Å². The Hall–Kier alpha value is -7.97. The van der Waals surface area contributed by atoms with E-state index < -0.39 is 182 Å². The highest BCUT2D eigenvalue weighted by Crippen LogP contribution is 2.39. The van der Waals surface area contributed by atoms with Crippen LogP contribution in [0.1, 0.15) is 147 Å². The lowest BCUT2D eigenvalue weighted by atomic mass is 9.74. The highest BCUT2D eigenvalue weighted by molar-refractivity contribution is 6.01. The maximum Gasteiger partial charge on any atom is 0.303 e. The third-order valence-corrected chi connectivity index (χ3v) is 20.6. The van der Waals surface area contributed by atoms with Crippen molar-refractivity contribution in [1.29, 1.82) is 0 Å². The largest absolute Gasteiger partial charge is 0.481 e. The zero-order valence-corrected chi connectivity index (χ0v) is 59.3. The summed E-state index contributed by atoms with van der Waals surface area (Å²) >= 11 is 0. The molecule has 2 saturated heterocycles. The zero-order chi connectivity index (χ0) is 71.7. The molecule has 0 radical (unpaired) electrons. The number of benzene rings is 1. The molecule has 27 heteroatoms. The summed E-state index contributed by atoms with van der Waals surface area (Å²) in [6, 6.07) is -1.83. The van der Waals surface area contributed by atoms with Crippen LogP contribution in [0.3, 0.4) is 0 Å². The van der Waals surface area contributed by atoms with Crippen molar-refractivity contribution in [3.05, 3.63) is 48.0 Å². The molecule has 1 aromatic rings. The molecule has 2 heterocycles. The van der Waals surface area contributed by atoms with E-state index in [2.05, 4.69) is 22.5 Å². The number of nitrogens with one attached hydrogen (secondary N) is 3. The molecule has 27 nitrogen and oxygen atoms in total. The molecule has 2 aliphatic heterocycles. The van der Waals surface area contributed by atoms with Gasteiger partial charge in [0.25, 0.3) is 0 Å². The summed E-state index contributed by atoms with van der Waals surface area (Å²) in [5.41, 5.74) is 0.00473. The molecule has 2 unspecified atom stereocenters. The van der Waals surface area contributed by atoms with Gasteiger partial charge >= 0.3 is 5.97 Å². The smallest absolute Gasteiger partial charge is 0.303 e. The second-order valence-electron chi connectivity index (χ2n) is 27.9. The van der Waals surface area contributed by atoms with Gasteiger partial charge in [0.15, 0.2) is 0 Å². The van der Waals surface area contributed by atoms with E-state index in [1.54, 1.807) is 32.1 Å². The lowest BCUT2D eigenvalue weighted by Gasteiger charge is -2.46. The highest BCUT2D eigenvalue weighted by Gasteiger charge is 2.53. The van der Waals surface area contributed by atoms with Crippen LogP contribution in [0.5, 0.6) is 0 Å². The molecular weight excluding hydrogens is 1250 g/mol. The van der Waals surface area contributed by atoms with Crippen molar-refractivity contribution in [2.45, 2.75) is 204 Å². The van der Waals surface area contributed by atoms with E-state index in [4.69, 9.17) is 4.74 Å². The summed E-state index contributed by atoms with van der Waals surface area (Å²) in [7, 11) is 11.4. The second kappa shape index (κ2) is 35.5. The molecule has 1 aromatic carbocycles. The Balaban J connectivity index is 1.45. The minimum Gasteiger partial charge on any atom is -0.481 e. The first-order valence-corrected chi connectivity index (χ1v) is 34.6. The predicted molar refractivity (Wildman–Crippen MR) is 360 cm³/mol. The van der Waals surface area contributed by atoms with E-state index >= 15 is 28.8 Å². The topological polar surface area (TPSA) is 317 Å².